The first kappa shape index (κ1) is 14.8. The lowest BCUT2D eigenvalue weighted by molar-refractivity contribution is 0.0456. The van der Waals surface area contributed by atoms with E-state index in [2.05, 4.69) is 25.7 Å². The summed E-state index contributed by atoms with van der Waals surface area (Å²) in [5, 5.41) is 18.7. The van der Waals surface area contributed by atoms with Crippen molar-refractivity contribution in [3.63, 3.8) is 0 Å². The van der Waals surface area contributed by atoms with Gasteiger partial charge >= 0.3 is 5.97 Å². The van der Waals surface area contributed by atoms with E-state index in [-0.39, 0.29) is 6.61 Å². The van der Waals surface area contributed by atoms with Crippen molar-refractivity contribution in [2.24, 2.45) is 0 Å². The summed E-state index contributed by atoms with van der Waals surface area (Å²) in [5.74, 6) is 0.458. The van der Waals surface area contributed by atoms with Crippen LogP contribution < -0.4 is 0 Å². The van der Waals surface area contributed by atoms with Crippen molar-refractivity contribution in [1.29, 1.82) is 0 Å². The van der Waals surface area contributed by atoms with E-state index in [1.54, 1.807) is 28.9 Å². The van der Waals surface area contributed by atoms with Gasteiger partial charge in [-0.2, -0.15) is 0 Å². The van der Waals surface area contributed by atoms with Crippen LogP contribution in [0.1, 0.15) is 29.5 Å². The Morgan fingerprint density at radius 3 is 2.78 bits per heavy atom. The molecule has 0 spiro atoms. The van der Waals surface area contributed by atoms with E-state index in [1.807, 2.05) is 6.92 Å². The van der Waals surface area contributed by atoms with Crippen molar-refractivity contribution in [2.45, 2.75) is 26.5 Å². The molecule has 0 saturated heterocycles. The predicted octanol–water partition coefficient (Wildman–Crippen LogP) is 1.49. The van der Waals surface area contributed by atoms with Crippen LogP contribution in [0.4, 0.5) is 0 Å². The fourth-order valence-electron chi connectivity index (χ4n) is 1.97. The predicted molar refractivity (Wildman–Crippen MR) is 77.0 cm³/mol. The Bertz CT molecular complexity index is 766. The molecular weight excluding hydrogens is 300 g/mol. The second-order valence-electron chi connectivity index (χ2n) is 4.72. The van der Waals surface area contributed by atoms with Gasteiger partial charge < -0.3 is 9.15 Å². The van der Waals surface area contributed by atoms with Gasteiger partial charge in [-0.3, -0.25) is 0 Å². The molecule has 0 atom stereocenters. The molecule has 0 unspecified atom stereocenters. The largest absolute Gasteiger partial charge is 0.454 e. The molecule has 0 amide bonds. The smallest absolute Gasteiger partial charge is 0.338 e. The summed E-state index contributed by atoms with van der Waals surface area (Å²) in [5.41, 5.74) is 1.15. The minimum atomic E-state index is -0.451. The fourth-order valence-corrected chi connectivity index (χ4v) is 1.97. The van der Waals surface area contributed by atoms with E-state index in [0.29, 0.717) is 23.8 Å². The van der Waals surface area contributed by atoms with Gasteiger partial charge in [-0.05, 0) is 41.1 Å². The van der Waals surface area contributed by atoms with Gasteiger partial charge in [0.2, 0.25) is 12.3 Å². The third-order valence-electron chi connectivity index (χ3n) is 3.10. The number of ether oxygens (including phenoxy) is 1. The molecule has 2 aromatic heterocycles. The summed E-state index contributed by atoms with van der Waals surface area (Å²) >= 11 is 0. The molecule has 0 bridgehead atoms. The molecule has 0 N–H and O–H groups in total. The molecule has 0 aliphatic heterocycles. The van der Waals surface area contributed by atoms with Crippen molar-refractivity contribution >= 4 is 5.97 Å². The normalized spacial score (nSPS) is 10.7. The minimum Gasteiger partial charge on any atom is -0.454 e. The first-order chi connectivity index (χ1) is 11.3. The summed E-state index contributed by atoms with van der Waals surface area (Å²) in [6, 6.07) is 6.70. The monoisotopic (exact) mass is 314 g/mol. The van der Waals surface area contributed by atoms with E-state index in [4.69, 9.17) is 9.15 Å². The zero-order valence-corrected chi connectivity index (χ0v) is 12.4. The van der Waals surface area contributed by atoms with Crippen LogP contribution in [0, 0.1) is 0 Å². The number of hydrogen-bond acceptors (Lipinski definition) is 8. The van der Waals surface area contributed by atoms with Crippen molar-refractivity contribution in [3.8, 4) is 11.5 Å². The summed E-state index contributed by atoms with van der Waals surface area (Å²) in [7, 11) is 0. The maximum Gasteiger partial charge on any atom is 0.338 e. The number of carbonyl (C=O) groups excluding carboxylic acids is 1. The summed E-state index contributed by atoms with van der Waals surface area (Å²) in [4.78, 5) is 12.1. The van der Waals surface area contributed by atoms with Crippen molar-refractivity contribution < 1.29 is 13.9 Å². The van der Waals surface area contributed by atoms with Crippen molar-refractivity contribution in [3.05, 3.63) is 42.0 Å². The molecule has 0 saturated carbocycles. The molecule has 23 heavy (non-hydrogen) atoms. The summed E-state index contributed by atoms with van der Waals surface area (Å²) in [6.45, 7) is 2.72. The van der Waals surface area contributed by atoms with Crippen LogP contribution in [0.5, 0.6) is 0 Å². The Balaban J connectivity index is 1.63. The minimum absolute atomic E-state index is 0.0250. The van der Waals surface area contributed by atoms with E-state index < -0.39 is 5.97 Å². The fraction of sp³-hybridized carbons (Fsp3) is 0.286. The van der Waals surface area contributed by atoms with Crippen LogP contribution in [0.15, 0.2) is 35.1 Å². The highest BCUT2D eigenvalue weighted by Crippen LogP contribution is 2.17. The Kier molecular flexibility index (Phi) is 4.37. The van der Waals surface area contributed by atoms with E-state index >= 15 is 0 Å². The second kappa shape index (κ2) is 6.77. The van der Waals surface area contributed by atoms with Gasteiger partial charge in [-0.1, -0.05) is 6.92 Å². The molecule has 118 valence electrons. The van der Waals surface area contributed by atoms with E-state index in [9.17, 15) is 4.79 Å². The molecule has 1 aromatic carbocycles. The van der Waals surface area contributed by atoms with Gasteiger partial charge in [0, 0.05) is 12.1 Å². The van der Waals surface area contributed by atoms with E-state index in [0.717, 1.165) is 12.0 Å². The van der Waals surface area contributed by atoms with Crippen LogP contribution >= 0.6 is 0 Å². The Morgan fingerprint density at radius 1 is 1.26 bits per heavy atom. The van der Waals surface area contributed by atoms with Gasteiger partial charge in [0.05, 0.1) is 5.56 Å². The van der Waals surface area contributed by atoms with Gasteiger partial charge in [0.1, 0.15) is 0 Å². The van der Waals surface area contributed by atoms with Crippen LogP contribution in [-0.2, 0) is 17.9 Å². The standard InChI is InChI=1S/C14H14N6O3/c1-2-7-20-12(16-18-19-20)8-22-14(21)11-5-3-10(4-6-11)13-17-15-9-23-13/h3-6,9H,2,7-8H2,1H3. The molecule has 9 nitrogen and oxygen atoms in total. The summed E-state index contributed by atoms with van der Waals surface area (Å²) < 4.78 is 11.9. The second-order valence-corrected chi connectivity index (χ2v) is 4.72. The lowest BCUT2D eigenvalue weighted by Crippen LogP contribution is -2.11. The van der Waals surface area contributed by atoms with Gasteiger partial charge in [0.25, 0.3) is 0 Å². The van der Waals surface area contributed by atoms with Gasteiger partial charge in [-0.15, -0.1) is 15.3 Å². The quantitative estimate of drug-likeness (QED) is 0.629. The highest BCUT2D eigenvalue weighted by molar-refractivity contribution is 5.89. The average molecular weight is 314 g/mol. The Morgan fingerprint density at radius 2 is 2.09 bits per heavy atom. The number of tetrazole rings is 1. The number of nitrogens with zero attached hydrogens (tertiary/aromatic N) is 6. The third-order valence-corrected chi connectivity index (χ3v) is 3.10. The topological polar surface area (TPSA) is 109 Å². The summed E-state index contributed by atoms with van der Waals surface area (Å²) in [6.07, 6.45) is 2.14. The maximum atomic E-state index is 12.1. The van der Waals surface area contributed by atoms with Gasteiger partial charge in [0.15, 0.2) is 12.4 Å². The molecule has 9 heteroatoms. The van der Waals surface area contributed by atoms with Gasteiger partial charge in [-0.25, -0.2) is 9.48 Å². The Labute approximate surface area is 131 Å². The highest BCUT2D eigenvalue weighted by atomic mass is 16.5. The molecule has 0 fully saturated rings. The zero-order chi connectivity index (χ0) is 16.1. The number of aromatic nitrogens is 6. The highest BCUT2D eigenvalue weighted by Gasteiger charge is 2.12. The number of benzene rings is 1. The van der Waals surface area contributed by atoms with E-state index in [1.165, 1.54) is 6.39 Å². The molecule has 0 aliphatic carbocycles. The Hall–Kier alpha value is -3.10. The van der Waals surface area contributed by atoms with Crippen LogP contribution in [0.25, 0.3) is 11.5 Å². The van der Waals surface area contributed by atoms with Crippen LogP contribution in [0.3, 0.4) is 0 Å². The lowest BCUT2D eigenvalue weighted by atomic mass is 10.1. The first-order valence-electron chi connectivity index (χ1n) is 7.06. The van der Waals surface area contributed by atoms with Crippen molar-refractivity contribution in [1.82, 2.24) is 30.4 Å². The zero-order valence-electron chi connectivity index (χ0n) is 12.4. The van der Waals surface area contributed by atoms with Crippen LogP contribution in [0.2, 0.25) is 0 Å². The average Bonchev–Trinajstić information content (AvgIpc) is 3.25. The number of esters is 1. The lowest BCUT2D eigenvalue weighted by Gasteiger charge is -2.05. The molecule has 0 radical (unpaired) electrons. The SMILES string of the molecule is CCCn1nnnc1COC(=O)c1ccc(-c2nnco2)cc1. The number of hydrogen-bond donors (Lipinski definition) is 0. The molecular formula is C14H14N6O3. The number of rotatable bonds is 6. The number of carbonyl (C=O) groups is 1. The third kappa shape index (κ3) is 3.39. The van der Waals surface area contributed by atoms with Crippen molar-refractivity contribution in [2.75, 3.05) is 0 Å². The molecule has 3 aromatic rings. The first-order valence-corrected chi connectivity index (χ1v) is 7.06. The number of aryl methyl sites for hydroxylation is 1. The maximum absolute atomic E-state index is 12.1. The molecule has 3 rings (SSSR count). The van der Waals surface area contributed by atoms with Crippen LogP contribution in [-0.4, -0.2) is 36.4 Å². The molecule has 0 aliphatic rings. The molecule has 2 heterocycles.